The average molecular weight is 1030 g/mol. The number of unbranched alkanes of at least 4 members (excludes halogenated alkanes) is 15. The lowest BCUT2D eigenvalue weighted by Gasteiger charge is -2.18. The molecule has 1 atom stereocenters. The summed E-state index contributed by atoms with van der Waals surface area (Å²) in [6.07, 6.45) is 90.0. The van der Waals surface area contributed by atoms with E-state index in [2.05, 4.69) is 179 Å². The second-order valence-corrected chi connectivity index (χ2v) is 19.2. The first-order valence-electron chi connectivity index (χ1n) is 30.0. The summed E-state index contributed by atoms with van der Waals surface area (Å²) in [4.78, 5) is 37.8. The van der Waals surface area contributed by atoms with Gasteiger partial charge in [0, 0.05) is 19.3 Å². The van der Waals surface area contributed by atoms with Crippen LogP contribution in [0.5, 0.6) is 0 Å². The van der Waals surface area contributed by atoms with Crippen molar-refractivity contribution in [1.29, 1.82) is 0 Å². The molecule has 0 rings (SSSR count). The zero-order valence-corrected chi connectivity index (χ0v) is 48.0. The third-order valence-electron chi connectivity index (χ3n) is 12.0. The molecule has 0 fully saturated rings. The van der Waals surface area contributed by atoms with Crippen molar-refractivity contribution in [3.05, 3.63) is 158 Å². The summed E-state index contributed by atoms with van der Waals surface area (Å²) in [5, 5.41) is 0. The van der Waals surface area contributed by atoms with Gasteiger partial charge in [0.25, 0.3) is 0 Å². The Bertz CT molecular complexity index is 1710. The second-order valence-electron chi connectivity index (χ2n) is 19.2. The van der Waals surface area contributed by atoms with Crippen molar-refractivity contribution in [1.82, 2.24) is 0 Å². The lowest BCUT2D eigenvalue weighted by Crippen LogP contribution is -2.30. The van der Waals surface area contributed by atoms with Crippen LogP contribution in [0, 0.1) is 0 Å². The first-order chi connectivity index (χ1) is 37.0. The molecule has 0 aliphatic heterocycles. The van der Waals surface area contributed by atoms with Crippen LogP contribution in [0.15, 0.2) is 158 Å². The summed E-state index contributed by atoms with van der Waals surface area (Å²) in [5.41, 5.74) is 0. The number of allylic oxidation sites excluding steroid dienone is 26. The Hall–Kier alpha value is -4.97. The van der Waals surface area contributed by atoms with E-state index in [1.165, 1.54) is 38.5 Å². The van der Waals surface area contributed by atoms with Gasteiger partial charge in [0.15, 0.2) is 6.10 Å². The van der Waals surface area contributed by atoms with E-state index in [-0.39, 0.29) is 31.1 Å². The van der Waals surface area contributed by atoms with E-state index in [0.29, 0.717) is 25.7 Å². The number of esters is 3. The monoisotopic (exact) mass is 1030 g/mol. The number of ether oxygens (including phenoxy) is 3. The van der Waals surface area contributed by atoms with Crippen molar-refractivity contribution >= 4 is 17.9 Å². The molecule has 0 spiro atoms. The van der Waals surface area contributed by atoms with E-state index in [0.717, 1.165) is 154 Å². The van der Waals surface area contributed by atoms with Crippen LogP contribution >= 0.6 is 0 Å². The Morgan fingerprint density at radius 3 is 0.867 bits per heavy atom. The molecule has 0 saturated heterocycles. The molecule has 0 bridgehead atoms. The first kappa shape index (κ1) is 70.0. The van der Waals surface area contributed by atoms with Crippen molar-refractivity contribution in [2.24, 2.45) is 0 Å². The van der Waals surface area contributed by atoms with Gasteiger partial charge in [-0.3, -0.25) is 14.4 Å². The molecule has 6 nitrogen and oxygen atoms in total. The molecular weight excluding hydrogens is 925 g/mol. The van der Waals surface area contributed by atoms with Crippen LogP contribution < -0.4 is 0 Å². The minimum atomic E-state index is -0.806. The minimum Gasteiger partial charge on any atom is -0.462 e. The quantitative estimate of drug-likeness (QED) is 0.0261. The van der Waals surface area contributed by atoms with Gasteiger partial charge < -0.3 is 14.2 Å². The van der Waals surface area contributed by atoms with Gasteiger partial charge in [-0.25, -0.2) is 0 Å². The molecule has 6 heteroatoms. The van der Waals surface area contributed by atoms with E-state index in [1.807, 2.05) is 0 Å². The van der Waals surface area contributed by atoms with E-state index in [1.54, 1.807) is 0 Å². The molecule has 0 aromatic rings. The number of hydrogen-bond donors (Lipinski definition) is 0. The Labute approximate surface area is 460 Å². The van der Waals surface area contributed by atoms with Crippen LogP contribution in [0.25, 0.3) is 0 Å². The number of carbonyl (C=O) groups is 3. The fourth-order valence-corrected chi connectivity index (χ4v) is 7.53. The van der Waals surface area contributed by atoms with Crippen LogP contribution in [0.2, 0.25) is 0 Å². The molecule has 0 aliphatic carbocycles. The maximum absolute atomic E-state index is 12.8. The standard InChI is InChI=1S/C69H108O6/c1-4-7-10-13-15-17-19-21-23-25-27-28-29-30-31-32-33-34-35-36-37-38-39-40-42-43-45-47-49-51-53-56-59-62-68(71)74-65-66(64-73-67(70)61-58-55-12-9-6-3)75-69(72)63-60-57-54-52-50-48-46-44-41-26-24-22-20-18-16-14-11-8-5-2/h7,10,15-18,21-24,27-28,30-31,33-34,36-37,39-41,43-45,49,51,66H,4-6,8-9,11-14,19-20,25-26,29,32,35,38,42,46-48,50,52-65H2,1-3H3/b10-7-,17-15-,18-16-,23-21-,24-22-,28-27-,31-30-,34-33-,37-36-,40-39-,44-41-,45-43-,51-49-. The molecule has 0 aliphatic rings. The number of hydrogen-bond acceptors (Lipinski definition) is 6. The first-order valence-corrected chi connectivity index (χ1v) is 30.0. The molecule has 1 unspecified atom stereocenters. The Morgan fingerprint density at radius 1 is 0.280 bits per heavy atom. The highest BCUT2D eigenvalue weighted by molar-refractivity contribution is 5.71. The lowest BCUT2D eigenvalue weighted by atomic mass is 10.1. The van der Waals surface area contributed by atoms with Gasteiger partial charge >= 0.3 is 17.9 Å². The zero-order chi connectivity index (χ0) is 54.3. The smallest absolute Gasteiger partial charge is 0.306 e. The predicted octanol–water partition coefficient (Wildman–Crippen LogP) is 20.5. The summed E-state index contributed by atoms with van der Waals surface area (Å²) in [6, 6.07) is 0. The minimum absolute atomic E-state index is 0.104. The maximum atomic E-state index is 12.8. The molecule has 0 heterocycles. The maximum Gasteiger partial charge on any atom is 0.306 e. The number of rotatable bonds is 52. The van der Waals surface area contributed by atoms with Crippen LogP contribution in [0.4, 0.5) is 0 Å². The fraction of sp³-hybridized carbons (Fsp3) is 0.580. The van der Waals surface area contributed by atoms with Gasteiger partial charge in [-0.1, -0.05) is 243 Å². The summed E-state index contributed by atoms with van der Waals surface area (Å²) in [6.45, 7) is 6.35. The lowest BCUT2D eigenvalue weighted by molar-refractivity contribution is -0.167. The Morgan fingerprint density at radius 2 is 0.520 bits per heavy atom. The molecule has 0 amide bonds. The highest BCUT2D eigenvalue weighted by atomic mass is 16.6. The summed E-state index contributed by atoms with van der Waals surface area (Å²) < 4.78 is 16.7. The third kappa shape index (κ3) is 59.8. The van der Waals surface area contributed by atoms with Crippen LogP contribution in [-0.4, -0.2) is 37.2 Å². The molecule has 75 heavy (non-hydrogen) atoms. The van der Waals surface area contributed by atoms with Gasteiger partial charge in [0.05, 0.1) is 0 Å². The normalized spacial score (nSPS) is 13.3. The average Bonchev–Trinajstić information content (AvgIpc) is 3.41. The Kier molecular flexibility index (Phi) is 57.5. The fourth-order valence-electron chi connectivity index (χ4n) is 7.53. The van der Waals surface area contributed by atoms with Gasteiger partial charge in [-0.2, -0.15) is 0 Å². The largest absolute Gasteiger partial charge is 0.462 e. The summed E-state index contributed by atoms with van der Waals surface area (Å²) in [5.74, 6) is -0.985. The van der Waals surface area contributed by atoms with Gasteiger partial charge in [0.2, 0.25) is 0 Å². The molecular formula is C69H108O6. The number of carbonyl (C=O) groups excluding carboxylic acids is 3. The van der Waals surface area contributed by atoms with Crippen LogP contribution in [0.1, 0.15) is 239 Å². The summed E-state index contributed by atoms with van der Waals surface area (Å²) >= 11 is 0. The molecule has 420 valence electrons. The second kappa shape index (κ2) is 61.6. The van der Waals surface area contributed by atoms with E-state index in [9.17, 15) is 14.4 Å². The highest BCUT2D eigenvalue weighted by Gasteiger charge is 2.19. The van der Waals surface area contributed by atoms with Crippen molar-refractivity contribution in [3.63, 3.8) is 0 Å². The van der Waals surface area contributed by atoms with Crippen LogP contribution in [0.3, 0.4) is 0 Å². The van der Waals surface area contributed by atoms with Crippen molar-refractivity contribution in [2.45, 2.75) is 245 Å². The summed E-state index contributed by atoms with van der Waals surface area (Å²) in [7, 11) is 0. The molecule has 0 N–H and O–H groups in total. The molecule has 0 radical (unpaired) electrons. The highest BCUT2D eigenvalue weighted by Crippen LogP contribution is 2.13. The van der Waals surface area contributed by atoms with E-state index in [4.69, 9.17) is 14.2 Å². The predicted molar refractivity (Wildman–Crippen MR) is 325 cm³/mol. The van der Waals surface area contributed by atoms with Crippen molar-refractivity contribution < 1.29 is 28.6 Å². The van der Waals surface area contributed by atoms with Crippen molar-refractivity contribution in [2.75, 3.05) is 13.2 Å². The molecule has 0 saturated carbocycles. The van der Waals surface area contributed by atoms with E-state index >= 15 is 0 Å². The molecule has 0 aromatic carbocycles. The van der Waals surface area contributed by atoms with Gasteiger partial charge in [0.1, 0.15) is 13.2 Å². The van der Waals surface area contributed by atoms with Crippen molar-refractivity contribution in [3.8, 4) is 0 Å². The van der Waals surface area contributed by atoms with Crippen LogP contribution in [-0.2, 0) is 28.6 Å². The van der Waals surface area contributed by atoms with Gasteiger partial charge in [-0.05, 0) is 135 Å². The third-order valence-corrected chi connectivity index (χ3v) is 12.0. The Balaban J connectivity index is 4.23. The van der Waals surface area contributed by atoms with E-state index < -0.39 is 6.10 Å². The SMILES string of the molecule is CC/C=C\C/C=C\C/C=C\C/C=C\C/C=C\C/C=C\C/C=C\C/C=C\C/C=C\C/C=C\CCCCC(=O)OCC(COC(=O)CCCCCCC)OC(=O)CCCCCCCC/C=C\C/C=C\C/C=C\CCCCC. The zero-order valence-electron chi connectivity index (χ0n) is 48.0. The van der Waals surface area contributed by atoms with Gasteiger partial charge in [-0.15, -0.1) is 0 Å². The topological polar surface area (TPSA) is 78.9 Å². The molecule has 0 aromatic heterocycles.